The molecule has 6 nitrogen and oxygen atoms in total. The number of oxazole rings is 1. The van der Waals surface area contributed by atoms with Gasteiger partial charge in [-0.25, -0.2) is 10.8 Å². The topological polar surface area (TPSA) is 94.3 Å². The molecule has 0 radical (unpaired) electrons. The summed E-state index contributed by atoms with van der Waals surface area (Å²) in [5, 5.41) is 1.27. The van der Waals surface area contributed by atoms with Crippen molar-refractivity contribution in [1.29, 1.82) is 0 Å². The van der Waals surface area contributed by atoms with Crippen LogP contribution in [0.1, 0.15) is 21.8 Å². The van der Waals surface area contributed by atoms with Crippen molar-refractivity contribution in [1.82, 2.24) is 10.4 Å². The van der Waals surface area contributed by atoms with Gasteiger partial charge in [-0.15, -0.1) is 0 Å². The third-order valence-electron chi connectivity index (χ3n) is 2.95. The molecule has 0 saturated carbocycles. The van der Waals surface area contributed by atoms with E-state index in [0.717, 1.165) is 11.1 Å². The summed E-state index contributed by atoms with van der Waals surface area (Å²) in [6.07, 6.45) is 1.58. The molecule has 3 N–H and O–H groups in total. The first-order valence-electron chi connectivity index (χ1n) is 6.25. The molecule has 2 aromatic heterocycles. The van der Waals surface area contributed by atoms with Crippen molar-refractivity contribution in [2.75, 3.05) is 0 Å². The Morgan fingerprint density at radius 1 is 1.43 bits per heavy atom. The van der Waals surface area contributed by atoms with Gasteiger partial charge in [-0.3, -0.25) is 10.2 Å². The average molecular weight is 303 g/mol. The van der Waals surface area contributed by atoms with Gasteiger partial charge in [-0.1, -0.05) is 30.0 Å². The first kappa shape index (κ1) is 13.7. The second-order valence-electron chi connectivity index (χ2n) is 4.41. The molecule has 1 aromatic carbocycles. The van der Waals surface area contributed by atoms with E-state index in [-0.39, 0.29) is 5.91 Å². The Hall–Kier alpha value is -2.25. The van der Waals surface area contributed by atoms with E-state index >= 15 is 0 Å². The number of nitrogen functional groups attached to an aromatic ring is 1. The van der Waals surface area contributed by atoms with Crippen molar-refractivity contribution in [3.8, 4) is 0 Å². The van der Waals surface area contributed by atoms with E-state index in [1.165, 1.54) is 11.8 Å². The van der Waals surface area contributed by atoms with E-state index in [4.69, 9.17) is 14.7 Å². The summed E-state index contributed by atoms with van der Waals surface area (Å²) in [4.78, 5) is 16.2. The maximum atomic E-state index is 12.0. The molecule has 0 atom stereocenters. The van der Waals surface area contributed by atoms with Gasteiger partial charge >= 0.3 is 0 Å². The van der Waals surface area contributed by atoms with Gasteiger partial charge in [-0.05, 0) is 13.0 Å². The highest BCUT2D eigenvalue weighted by atomic mass is 32.2. The van der Waals surface area contributed by atoms with Crippen LogP contribution in [-0.2, 0) is 5.75 Å². The number of hydrazine groups is 1. The van der Waals surface area contributed by atoms with Gasteiger partial charge in [-0.2, -0.15) is 0 Å². The van der Waals surface area contributed by atoms with Crippen LogP contribution in [0.2, 0.25) is 0 Å². The van der Waals surface area contributed by atoms with Crippen LogP contribution < -0.4 is 11.3 Å². The minimum absolute atomic E-state index is 0.376. The summed E-state index contributed by atoms with van der Waals surface area (Å²) in [5.74, 6) is 5.85. The fourth-order valence-corrected chi connectivity index (χ4v) is 2.83. The first-order valence-corrected chi connectivity index (χ1v) is 7.24. The smallest absolute Gasteiger partial charge is 0.269 e. The van der Waals surface area contributed by atoms with Gasteiger partial charge in [0.25, 0.3) is 11.1 Å². The van der Waals surface area contributed by atoms with Gasteiger partial charge in [0.15, 0.2) is 0 Å². The number of carbonyl (C=O) groups excluding carboxylic acids is 1. The SMILES string of the molecule is Cc1coc(SCc2oc3ccccc3c2C(=O)NN)n1. The zero-order valence-electron chi connectivity index (χ0n) is 11.3. The normalized spacial score (nSPS) is 11.0. The minimum Gasteiger partial charge on any atom is -0.459 e. The molecule has 0 spiro atoms. The number of aryl methyl sites for hydroxylation is 1. The fraction of sp³-hybridized carbons (Fsp3) is 0.143. The Morgan fingerprint density at radius 2 is 2.24 bits per heavy atom. The average Bonchev–Trinajstić information content (AvgIpc) is 3.07. The van der Waals surface area contributed by atoms with Crippen molar-refractivity contribution < 1.29 is 13.6 Å². The summed E-state index contributed by atoms with van der Waals surface area (Å²) in [6.45, 7) is 1.85. The Bertz CT molecular complexity index is 794. The maximum absolute atomic E-state index is 12.0. The lowest BCUT2D eigenvalue weighted by molar-refractivity contribution is 0.0953. The minimum atomic E-state index is -0.376. The van der Waals surface area contributed by atoms with Crippen molar-refractivity contribution in [3.05, 3.63) is 47.5 Å². The maximum Gasteiger partial charge on any atom is 0.269 e. The number of nitrogens with zero attached hydrogens (tertiary/aromatic N) is 1. The largest absolute Gasteiger partial charge is 0.459 e. The summed E-state index contributed by atoms with van der Waals surface area (Å²) in [5.41, 5.74) is 4.06. The molecular formula is C14H13N3O3S. The number of rotatable bonds is 4. The van der Waals surface area contributed by atoms with Crippen LogP contribution in [0.15, 0.2) is 44.6 Å². The number of hydrogen-bond acceptors (Lipinski definition) is 6. The van der Waals surface area contributed by atoms with Gasteiger partial charge in [0, 0.05) is 5.39 Å². The monoisotopic (exact) mass is 303 g/mol. The molecule has 3 rings (SSSR count). The van der Waals surface area contributed by atoms with E-state index in [1.54, 1.807) is 6.26 Å². The van der Waals surface area contributed by atoms with Crippen LogP contribution in [-0.4, -0.2) is 10.9 Å². The molecular weight excluding hydrogens is 290 g/mol. The number of carbonyl (C=O) groups is 1. The second kappa shape index (κ2) is 5.63. The van der Waals surface area contributed by atoms with Crippen LogP contribution in [0.5, 0.6) is 0 Å². The molecule has 0 aliphatic heterocycles. The van der Waals surface area contributed by atoms with E-state index in [9.17, 15) is 4.79 Å². The molecule has 3 aromatic rings. The molecule has 1 amide bonds. The molecule has 21 heavy (non-hydrogen) atoms. The number of thioether (sulfide) groups is 1. The molecule has 0 fully saturated rings. The van der Waals surface area contributed by atoms with Crippen LogP contribution in [0.25, 0.3) is 11.0 Å². The number of fused-ring (bicyclic) bond motifs is 1. The number of amides is 1. The van der Waals surface area contributed by atoms with Crippen molar-refractivity contribution >= 4 is 28.6 Å². The zero-order chi connectivity index (χ0) is 14.8. The van der Waals surface area contributed by atoms with Crippen molar-refractivity contribution in [2.24, 2.45) is 5.84 Å². The molecule has 2 heterocycles. The second-order valence-corrected chi connectivity index (χ2v) is 5.34. The first-order chi connectivity index (χ1) is 10.2. The third-order valence-corrected chi connectivity index (χ3v) is 3.79. The number of aromatic nitrogens is 1. The third kappa shape index (κ3) is 2.65. The Morgan fingerprint density at radius 3 is 2.95 bits per heavy atom. The number of hydrogen-bond donors (Lipinski definition) is 2. The Labute approximate surface area is 124 Å². The van der Waals surface area contributed by atoms with Gasteiger partial charge < -0.3 is 8.83 Å². The summed E-state index contributed by atoms with van der Waals surface area (Å²) in [6, 6.07) is 7.34. The standard InChI is InChI=1S/C14H13N3O3S/c1-8-6-19-14(16-8)21-7-11-12(13(18)17-15)9-4-2-3-5-10(9)20-11/h2-6H,7,15H2,1H3,(H,17,18). The van der Waals surface area contributed by atoms with Crippen molar-refractivity contribution in [2.45, 2.75) is 17.9 Å². The van der Waals surface area contributed by atoms with E-state index in [0.29, 0.717) is 27.9 Å². The van der Waals surface area contributed by atoms with Gasteiger partial charge in [0.05, 0.1) is 17.0 Å². The number of para-hydroxylation sites is 1. The Balaban J connectivity index is 1.95. The van der Waals surface area contributed by atoms with Crippen LogP contribution in [0, 0.1) is 6.92 Å². The van der Waals surface area contributed by atoms with E-state index < -0.39 is 0 Å². The predicted octanol–water partition coefficient (Wildman–Crippen LogP) is 2.63. The molecule has 0 aliphatic rings. The van der Waals surface area contributed by atoms with Crippen LogP contribution >= 0.6 is 11.8 Å². The number of benzene rings is 1. The zero-order valence-corrected chi connectivity index (χ0v) is 12.1. The van der Waals surface area contributed by atoms with Gasteiger partial charge in [0.1, 0.15) is 17.6 Å². The molecule has 0 aliphatic carbocycles. The quantitative estimate of drug-likeness (QED) is 0.333. The van der Waals surface area contributed by atoms with Crippen LogP contribution in [0.3, 0.4) is 0 Å². The number of furan rings is 1. The summed E-state index contributed by atoms with van der Waals surface area (Å²) >= 11 is 1.36. The molecule has 108 valence electrons. The van der Waals surface area contributed by atoms with Gasteiger partial charge in [0.2, 0.25) is 0 Å². The fourth-order valence-electron chi connectivity index (χ4n) is 2.04. The lowest BCUT2D eigenvalue weighted by atomic mass is 10.1. The number of nitrogens with two attached hydrogens (primary N) is 1. The summed E-state index contributed by atoms with van der Waals surface area (Å²) in [7, 11) is 0. The number of nitrogens with one attached hydrogen (secondary N) is 1. The Kier molecular flexibility index (Phi) is 3.68. The highest BCUT2D eigenvalue weighted by Crippen LogP contribution is 2.30. The molecule has 0 saturated heterocycles. The lowest BCUT2D eigenvalue weighted by Gasteiger charge is -2.00. The molecule has 0 bridgehead atoms. The highest BCUT2D eigenvalue weighted by Gasteiger charge is 2.20. The van der Waals surface area contributed by atoms with Crippen LogP contribution in [0.4, 0.5) is 0 Å². The highest BCUT2D eigenvalue weighted by molar-refractivity contribution is 7.98. The molecule has 0 unspecified atom stereocenters. The summed E-state index contributed by atoms with van der Waals surface area (Å²) < 4.78 is 11.0. The predicted molar refractivity (Wildman–Crippen MR) is 78.7 cm³/mol. The molecule has 7 heteroatoms. The van der Waals surface area contributed by atoms with Crippen molar-refractivity contribution in [3.63, 3.8) is 0 Å². The van der Waals surface area contributed by atoms with E-state index in [2.05, 4.69) is 10.4 Å². The van der Waals surface area contributed by atoms with E-state index in [1.807, 2.05) is 31.2 Å². The lowest BCUT2D eigenvalue weighted by Crippen LogP contribution is -2.30.